The van der Waals surface area contributed by atoms with E-state index >= 15 is 0 Å². The van der Waals surface area contributed by atoms with E-state index in [0.717, 1.165) is 0 Å². The third kappa shape index (κ3) is 4.07. The zero-order valence-electron chi connectivity index (χ0n) is 14.8. The number of fused-ring (bicyclic) bond motifs is 1. The number of amides is 2. The lowest BCUT2D eigenvalue weighted by Crippen LogP contribution is -2.14. The minimum atomic E-state index is -0.431. The van der Waals surface area contributed by atoms with Crippen molar-refractivity contribution in [1.82, 2.24) is 19.6 Å². The molecule has 0 radical (unpaired) electrons. The Balaban J connectivity index is 1.61. The van der Waals surface area contributed by atoms with Crippen molar-refractivity contribution in [3.05, 3.63) is 57.5 Å². The van der Waals surface area contributed by atoms with Crippen LogP contribution in [0.1, 0.15) is 17.3 Å². The van der Waals surface area contributed by atoms with E-state index in [1.54, 1.807) is 22.7 Å². The Morgan fingerprint density at radius 2 is 1.97 bits per heavy atom. The maximum absolute atomic E-state index is 12.5. The summed E-state index contributed by atoms with van der Waals surface area (Å²) in [5.41, 5.74) is 1.73. The molecule has 0 aliphatic rings. The van der Waals surface area contributed by atoms with Crippen LogP contribution in [0.15, 0.2) is 41.9 Å². The summed E-state index contributed by atoms with van der Waals surface area (Å²) in [5.74, 6) is -0.293. The second-order valence-electron chi connectivity index (χ2n) is 5.94. The summed E-state index contributed by atoms with van der Waals surface area (Å²) in [7, 11) is 0. The summed E-state index contributed by atoms with van der Waals surface area (Å²) in [4.78, 5) is 32.6. The van der Waals surface area contributed by atoms with Gasteiger partial charge in [-0.25, -0.2) is 9.50 Å². The summed E-state index contributed by atoms with van der Waals surface area (Å²) in [6.07, 6.45) is 1.43. The minimum Gasteiger partial charge on any atom is -0.311 e. The van der Waals surface area contributed by atoms with Crippen molar-refractivity contribution < 1.29 is 9.59 Å². The number of carbonyl (C=O) groups excluding carboxylic acids is 2. The summed E-state index contributed by atoms with van der Waals surface area (Å²) in [6.45, 7) is 1.36. The lowest BCUT2D eigenvalue weighted by Gasteiger charge is -2.04. The van der Waals surface area contributed by atoms with Gasteiger partial charge in [0.1, 0.15) is 5.82 Å². The van der Waals surface area contributed by atoms with Crippen LogP contribution in [0.25, 0.3) is 16.2 Å². The fraction of sp³-hybridized carbons (Fsp3) is 0.0556. The topological polar surface area (TPSA) is 101 Å². The predicted molar refractivity (Wildman–Crippen MR) is 113 cm³/mol. The fourth-order valence-electron chi connectivity index (χ4n) is 2.61. The van der Waals surface area contributed by atoms with E-state index in [1.807, 2.05) is 5.38 Å². The number of hydrogen-bond acceptors (Lipinski definition) is 6. The summed E-state index contributed by atoms with van der Waals surface area (Å²) >= 11 is 13.7. The molecule has 4 aromatic rings. The van der Waals surface area contributed by atoms with E-state index in [-0.39, 0.29) is 17.7 Å². The maximum atomic E-state index is 12.5. The van der Waals surface area contributed by atoms with Gasteiger partial charge >= 0.3 is 0 Å². The highest BCUT2D eigenvalue weighted by atomic mass is 35.5. The van der Waals surface area contributed by atoms with Crippen LogP contribution in [0.3, 0.4) is 0 Å². The third-order valence-corrected chi connectivity index (χ3v) is 5.22. The lowest BCUT2D eigenvalue weighted by atomic mass is 10.2. The molecule has 11 heteroatoms. The Kier molecular flexibility index (Phi) is 5.18. The standard InChI is InChI=1S/C18H12Cl2N6O2S/c1-9(27)22-15-6-10(4-5-21-15)16(28)23-17-24-18-26(25-17)14(8-29-18)12-7-11(19)2-3-13(12)20/h2-8H,1H3,(H,21,22,27)(H,23,25,28). The van der Waals surface area contributed by atoms with Crippen LogP contribution >= 0.6 is 34.5 Å². The first kappa shape index (κ1) is 19.3. The zero-order valence-corrected chi connectivity index (χ0v) is 17.1. The molecule has 0 unspecified atom stereocenters. The highest BCUT2D eigenvalue weighted by Gasteiger charge is 2.16. The van der Waals surface area contributed by atoms with Crippen LogP contribution in [0, 0.1) is 0 Å². The molecule has 0 aliphatic heterocycles. The monoisotopic (exact) mass is 446 g/mol. The molecule has 1 aromatic carbocycles. The first-order valence-corrected chi connectivity index (χ1v) is 9.89. The van der Waals surface area contributed by atoms with E-state index in [4.69, 9.17) is 23.2 Å². The Labute approximate surface area is 178 Å². The first-order chi connectivity index (χ1) is 13.9. The number of aromatic nitrogens is 4. The van der Waals surface area contributed by atoms with Crippen LogP contribution < -0.4 is 10.6 Å². The van der Waals surface area contributed by atoms with Gasteiger partial charge in [-0.1, -0.05) is 23.2 Å². The average molecular weight is 447 g/mol. The normalized spacial score (nSPS) is 10.9. The van der Waals surface area contributed by atoms with Gasteiger partial charge in [0.15, 0.2) is 0 Å². The summed E-state index contributed by atoms with van der Waals surface area (Å²) < 4.78 is 1.59. The molecule has 0 fully saturated rings. The van der Waals surface area contributed by atoms with Crippen molar-refractivity contribution in [2.24, 2.45) is 0 Å². The summed E-state index contributed by atoms with van der Waals surface area (Å²) in [5, 5.41) is 12.5. The zero-order chi connectivity index (χ0) is 20.5. The lowest BCUT2D eigenvalue weighted by molar-refractivity contribution is -0.114. The number of nitrogens with zero attached hydrogens (tertiary/aromatic N) is 4. The first-order valence-electron chi connectivity index (χ1n) is 8.25. The van der Waals surface area contributed by atoms with Crippen molar-refractivity contribution in [2.75, 3.05) is 10.6 Å². The SMILES string of the molecule is CC(=O)Nc1cc(C(=O)Nc2nc3scc(-c4cc(Cl)ccc4Cl)n3n2)ccn1. The van der Waals surface area contributed by atoms with Gasteiger partial charge in [0.2, 0.25) is 10.9 Å². The number of benzene rings is 1. The van der Waals surface area contributed by atoms with Crippen molar-refractivity contribution in [3.63, 3.8) is 0 Å². The van der Waals surface area contributed by atoms with Gasteiger partial charge in [-0.05, 0) is 30.3 Å². The van der Waals surface area contributed by atoms with Gasteiger partial charge in [0.05, 0.1) is 10.7 Å². The van der Waals surface area contributed by atoms with E-state index in [0.29, 0.717) is 31.8 Å². The number of nitrogens with one attached hydrogen (secondary N) is 2. The van der Waals surface area contributed by atoms with Gasteiger partial charge in [0.25, 0.3) is 11.9 Å². The van der Waals surface area contributed by atoms with Gasteiger partial charge in [-0.3, -0.25) is 14.9 Å². The number of halogens is 2. The molecule has 0 saturated heterocycles. The number of anilines is 2. The molecule has 29 heavy (non-hydrogen) atoms. The Bertz CT molecular complexity index is 1250. The molecule has 8 nitrogen and oxygen atoms in total. The number of carbonyl (C=O) groups is 2. The average Bonchev–Trinajstić information content (AvgIpc) is 3.23. The largest absolute Gasteiger partial charge is 0.311 e. The molecule has 0 saturated carbocycles. The van der Waals surface area contributed by atoms with E-state index in [1.165, 1.54) is 36.6 Å². The molecule has 3 heterocycles. The quantitative estimate of drug-likeness (QED) is 0.484. The van der Waals surface area contributed by atoms with E-state index in [2.05, 4.69) is 25.7 Å². The Morgan fingerprint density at radius 1 is 1.14 bits per heavy atom. The van der Waals surface area contributed by atoms with Crippen LogP contribution in [0.4, 0.5) is 11.8 Å². The minimum absolute atomic E-state index is 0.138. The molecule has 0 spiro atoms. The molecule has 146 valence electrons. The Morgan fingerprint density at radius 3 is 2.76 bits per heavy atom. The van der Waals surface area contributed by atoms with Crippen LogP contribution in [0.2, 0.25) is 10.0 Å². The predicted octanol–water partition coefficient (Wildman–Crippen LogP) is 4.37. The van der Waals surface area contributed by atoms with Crippen molar-refractivity contribution in [1.29, 1.82) is 0 Å². The fourth-order valence-corrected chi connectivity index (χ4v) is 3.82. The number of rotatable bonds is 4. The molecular weight excluding hydrogens is 435 g/mol. The smallest absolute Gasteiger partial charge is 0.258 e. The molecule has 0 aliphatic carbocycles. The van der Waals surface area contributed by atoms with Crippen molar-refractivity contribution >= 4 is 63.1 Å². The van der Waals surface area contributed by atoms with Gasteiger partial charge in [-0.2, -0.15) is 4.98 Å². The van der Waals surface area contributed by atoms with Crippen molar-refractivity contribution in [2.45, 2.75) is 6.92 Å². The van der Waals surface area contributed by atoms with Gasteiger partial charge in [-0.15, -0.1) is 16.4 Å². The molecule has 0 atom stereocenters. The molecular formula is C18H12Cl2N6O2S. The second kappa shape index (κ2) is 7.78. The van der Waals surface area contributed by atoms with Gasteiger partial charge < -0.3 is 5.32 Å². The van der Waals surface area contributed by atoms with Crippen molar-refractivity contribution in [3.8, 4) is 11.3 Å². The molecule has 0 bridgehead atoms. The van der Waals surface area contributed by atoms with Gasteiger partial charge in [0, 0.05) is 34.7 Å². The molecule has 2 amide bonds. The number of thiazole rings is 1. The number of pyridine rings is 1. The van der Waals surface area contributed by atoms with E-state index < -0.39 is 5.91 Å². The highest BCUT2D eigenvalue weighted by molar-refractivity contribution is 7.15. The van der Waals surface area contributed by atoms with E-state index in [9.17, 15) is 9.59 Å². The van der Waals surface area contributed by atoms with Crippen LogP contribution in [-0.2, 0) is 4.79 Å². The second-order valence-corrected chi connectivity index (χ2v) is 7.62. The third-order valence-electron chi connectivity index (χ3n) is 3.84. The maximum Gasteiger partial charge on any atom is 0.258 e. The number of hydrogen-bond donors (Lipinski definition) is 2. The molecule has 2 N–H and O–H groups in total. The van der Waals surface area contributed by atoms with Crippen LogP contribution in [-0.4, -0.2) is 31.4 Å². The summed E-state index contributed by atoms with van der Waals surface area (Å²) in [6, 6.07) is 8.14. The molecule has 3 aromatic heterocycles. The molecule has 4 rings (SSSR count). The van der Waals surface area contributed by atoms with Crippen LogP contribution in [0.5, 0.6) is 0 Å². The highest BCUT2D eigenvalue weighted by Crippen LogP contribution is 2.33. The Hall–Kier alpha value is -3.01.